The number of hydrogen-bond acceptors (Lipinski definition) is 4. The Morgan fingerprint density at radius 1 is 1.42 bits per heavy atom. The summed E-state index contributed by atoms with van der Waals surface area (Å²) in [7, 11) is 0. The molecular formula is C14H17N3O2. The highest BCUT2D eigenvalue weighted by atomic mass is 16.2. The lowest BCUT2D eigenvalue weighted by molar-refractivity contribution is -0.141. The fourth-order valence-electron chi connectivity index (χ4n) is 2.22. The first-order valence-electron chi connectivity index (χ1n) is 6.11. The van der Waals surface area contributed by atoms with Crippen molar-refractivity contribution in [2.45, 2.75) is 20.3 Å². The van der Waals surface area contributed by atoms with E-state index in [9.17, 15) is 9.59 Å². The molecule has 0 unspecified atom stereocenters. The van der Waals surface area contributed by atoms with E-state index in [4.69, 9.17) is 5.73 Å². The van der Waals surface area contributed by atoms with E-state index >= 15 is 0 Å². The molecule has 2 rings (SSSR count). The Bertz CT molecular complexity index is 539. The molecule has 0 bridgehead atoms. The Morgan fingerprint density at radius 3 is 2.84 bits per heavy atom. The molecule has 2 aliphatic rings. The predicted molar refractivity (Wildman–Crippen MR) is 73.1 cm³/mol. The molecule has 5 heteroatoms. The first-order chi connectivity index (χ1) is 8.90. The van der Waals surface area contributed by atoms with Crippen LogP contribution < -0.4 is 5.73 Å². The minimum Gasteiger partial charge on any atom is -0.363 e. The second-order valence-corrected chi connectivity index (χ2v) is 5.36. The van der Waals surface area contributed by atoms with Gasteiger partial charge in [0.15, 0.2) is 0 Å². The maximum absolute atomic E-state index is 11.7. The molecule has 0 saturated heterocycles. The van der Waals surface area contributed by atoms with Gasteiger partial charge in [-0.2, -0.15) is 0 Å². The van der Waals surface area contributed by atoms with Crippen LogP contribution in [0, 0.1) is 5.41 Å². The van der Waals surface area contributed by atoms with Crippen molar-refractivity contribution in [3.05, 3.63) is 36.2 Å². The molecule has 2 aliphatic heterocycles. The summed E-state index contributed by atoms with van der Waals surface area (Å²) in [6.45, 7) is 4.13. The van der Waals surface area contributed by atoms with Gasteiger partial charge >= 0.3 is 0 Å². The van der Waals surface area contributed by atoms with Crippen LogP contribution in [0.15, 0.2) is 41.2 Å². The van der Waals surface area contributed by atoms with Crippen molar-refractivity contribution in [2.75, 3.05) is 6.54 Å². The summed E-state index contributed by atoms with van der Waals surface area (Å²) in [5.41, 5.74) is 5.28. The van der Waals surface area contributed by atoms with Crippen LogP contribution in [0.25, 0.3) is 0 Å². The van der Waals surface area contributed by atoms with Crippen LogP contribution in [0.1, 0.15) is 20.3 Å². The van der Waals surface area contributed by atoms with Gasteiger partial charge in [-0.3, -0.25) is 9.59 Å². The Morgan fingerprint density at radius 2 is 2.16 bits per heavy atom. The molecule has 0 saturated carbocycles. The molecule has 19 heavy (non-hydrogen) atoms. The number of amides is 1. The Labute approximate surface area is 112 Å². The van der Waals surface area contributed by atoms with Gasteiger partial charge in [0.05, 0.1) is 0 Å². The van der Waals surface area contributed by atoms with Crippen LogP contribution >= 0.6 is 0 Å². The van der Waals surface area contributed by atoms with Gasteiger partial charge in [0.25, 0.3) is 5.91 Å². The van der Waals surface area contributed by atoms with Gasteiger partial charge in [0, 0.05) is 24.4 Å². The summed E-state index contributed by atoms with van der Waals surface area (Å²) < 4.78 is 0. The highest BCUT2D eigenvalue weighted by Gasteiger charge is 2.33. The van der Waals surface area contributed by atoms with Crippen LogP contribution in [0.3, 0.4) is 0 Å². The summed E-state index contributed by atoms with van der Waals surface area (Å²) in [6.07, 6.45) is 9.96. The molecule has 2 heterocycles. The van der Waals surface area contributed by atoms with E-state index in [1.807, 2.05) is 29.3 Å². The summed E-state index contributed by atoms with van der Waals surface area (Å²) in [6, 6.07) is 0. The van der Waals surface area contributed by atoms with Gasteiger partial charge in [-0.15, -0.1) is 0 Å². The number of amidine groups is 1. The average molecular weight is 259 g/mol. The van der Waals surface area contributed by atoms with E-state index in [1.165, 1.54) is 0 Å². The SMILES string of the molecule is CC(C)(CC1=CN=C2C=CC=CN2C1)C(=O)C(N)=O. The van der Waals surface area contributed by atoms with E-state index in [0.29, 0.717) is 13.0 Å². The molecule has 0 fully saturated rings. The van der Waals surface area contributed by atoms with Crippen molar-refractivity contribution < 1.29 is 9.59 Å². The molecule has 2 N–H and O–H groups in total. The fraction of sp³-hybridized carbons (Fsp3) is 0.357. The second kappa shape index (κ2) is 4.84. The third-order valence-corrected chi connectivity index (χ3v) is 3.18. The molecule has 0 aromatic carbocycles. The monoisotopic (exact) mass is 259 g/mol. The fourth-order valence-corrected chi connectivity index (χ4v) is 2.22. The van der Waals surface area contributed by atoms with Crippen LogP contribution in [0.4, 0.5) is 0 Å². The van der Waals surface area contributed by atoms with E-state index in [-0.39, 0.29) is 0 Å². The number of ketones is 1. The zero-order chi connectivity index (χ0) is 14.0. The van der Waals surface area contributed by atoms with Crippen molar-refractivity contribution in [1.82, 2.24) is 4.90 Å². The molecular weight excluding hydrogens is 242 g/mol. The summed E-state index contributed by atoms with van der Waals surface area (Å²) in [5, 5.41) is 0. The molecule has 0 radical (unpaired) electrons. The van der Waals surface area contributed by atoms with Crippen LogP contribution in [-0.2, 0) is 9.59 Å². The molecule has 100 valence electrons. The molecule has 5 nitrogen and oxygen atoms in total. The number of carbonyl (C=O) groups excluding carboxylic acids is 2. The largest absolute Gasteiger partial charge is 0.363 e. The summed E-state index contributed by atoms with van der Waals surface area (Å²) >= 11 is 0. The van der Waals surface area contributed by atoms with Crippen LogP contribution in [-0.4, -0.2) is 29.0 Å². The molecule has 0 aliphatic carbocycles. The predicted octanol–water partition coefficient (Wildman–Crippen LogP) is 1.14. The van der Waals surface area contributed by atoms with E-state index in [0.717, 1.165) is 11.4 Å². The first kappa shape index (κ1) is 13.3. The maximum Gasteiger partial charge on any atom is 0.285 e. The first-order valence-corrected chi connectivity index (χ1v) is 6.11. The summed E-state index contributed by atoms with van der Waals surface area (Å²) in [5.74, 6) is -0.547. The van der Waals surface area contributed by atoms with Gasteiger partial charge < -0.3 is 10.6 Å². The smallest absolute Gasteiger partial charge is 0.285 e. The average Bonchev–Trinajstić information content (AvgIpc) is 2.37. The van der Waals surface area contributed by atoms with Gasteiger partial charge in [0.1, 0.15) is 5.84 Å². The molecule has 0 spiro atoms. The van der Waals surface area contributed by atoms with E-state index < -0.39 is 17.1 Å². The van der Waals surface area contributed by atoms with Gasteiger partial charge in [0.2, 0.25) is 5.78 Å². The molecule has 0 aromatic rings. The van der Waals surface area contributed by atoms with Crippen LogP contribution in [0.5, 0.6) is 0 Å². The lowest BCUT2D eigenvalue weighted by Crippen LogP contribution is -2.38. The van der Waals surface area contributed by atoms with Gasteiger partial charge in [-0.05, 0) is 24.1 Å². The number of rotatable bonds is 4. The lowest BCUT2D eigenvalue weighted by Gasteiger charge is -2.30. The Hall–Kier alpha value is -2.17. The number of Topliss-reactive ketones (excluding diaryl/α,β-unsaturated/α-hetero) is 1. The normalized spacial score (nSPS) is 17.7. The zero-order valence-electron chi connectivity index (χ0n) is 11.1. The minimum absolute atomic E-state index is 0.472. The number of nitrogens with two attached hydrogens (primary N) is 1. The highest BCUT2D eigenvalue weighted by Crippen LogP contribution is 2.28. The number of allylic oxidation sites excluding steroid dienone is 2. The van der Waals surface area contributed by atoms with Crippen molar-refractivity contribution in [3.63, 3.8) is 0 Å². The van der Waals surface area contributed by atoms with E-state index in [2.05, 4.69) is 4.99 Å². The highest BCUT2D eigenvalue weighted by molar-refractivity contribution is 6.37. The minimum atomic E-state index is -0.883. The second-order valence-electron chi connectivity index (χ2n) is 5.36. The maximum atomic E-state index is 11.7. The molecule has 0 atom stereocenters. The third kappa shape index (κ3) is 2.81. The third-order valence-electron chi connectivity index (χ3n) is 3.18. The van der Waals surface area contributed by atoms with Crippen molar-refractivity contribution >= 4 is 17.5 Å². The lowest BCUT2D eigenvalue weighted by atomic mass is 9.81. The summed E-state index contributed by atoms with van der Waals surface area (Å²) in [4.78, 5) is 29.1. The number of hydrogen-bond donors (Lipinski definition) is 1. The quantitative estimate of drug-likeness (QED) is 0.769. The number of nitrogens with zero attached hydrogens (tertiary/aromatic N) is 2. The molecule has 1 amide bonds. The number of fused-ring (bicyclic) bond motifs is 1. The topological polar surface area (TPSA) is 75.8 Å². The van der Waals surface area contributed by atoms with E-state index in [1.54, 1.807) is 20.0 Å². The standard InChI is InChI=1S/C14H17N3O2/c1-14(2,12(18)13(15)19)7-10-8-16-11-5-3-4-6-17(11)9-10/h3-6,8H,7,9H2,1-2H3,(H2,15,19). The van der Waals surface area contributed by atoms with Gasteiger partial charge in [-0.25, -0.2) is 4.99 Å². The van der Waals surface area contributed by atoms with Crippen LogP contribution in [0.2, 0.25) is 0 Å². The van der Waals surface area contributed by atoms with Crippen molar-refractivity contribution in [2.24, 2.45) is 16.1 Å². The van der Waals surface area contributed by atoms with Gasteiger partial charge in [-0.1, -0.05) is 19.9 Å². The number of carbonyl (C=O) groups is 2. The van der Waals surface area contributed by atoms with Crippen molar-refractivity contribution in [3.8, 4) is 0 Å². The zero-order valence-corrected chi connectivity index (χ0v) is 11.1. The number of primary amides is 1. The molecule has 0 aromatic heterocycles. The Kier molecular flexibility index (Phi) is 3.38. The van der Waals surface area contributed by atoms with Crippen molar-refractivity contribution in [1.29, 1.82) is 0 Å². The Balaban J connectivity index is 2.13. The number of aliphatic imine (C=N–C) groups is 1.